The average Bonchev–Trinajstić information content (AvgIpc) is 2.65. The molecule has 0 aliphatic rings. The van der Waals surface area contributed by atoms with Gasteiger partial charge in [-0.05, 0) is 35.5 Å². The molecule has 0 atom stereocenters. The summed E-state index contributed by atoms with van der Waals surface area (Å²) >= 11 is 23.8. The van der Waals surface area contributed by atoms with Crippen LogP contribution in [0.5, 0.6) is 0 Å². The molecule has 132 valence electrons. The molecule has 0 spiro atoms. The standard InChI is InChI=1S/C20H15Cl3N2S/c21-15-11-17(23)18(12-16(15)22)24-20(26)25-19(13-7-3-1-4-8-13)14-9-5-2-6-10-14/h1-12,19H,(H2,24,25,26). The van der Waals surface area contributed by atoms with Crippen molar-refractivity contribution >= 4 is 57.8 Å². The lowest BCUT2D eigenvalue weighted by Gasteiger charge is -2.22. The van der Waals surface area contributed by atoms with Gasteiger partial charge in [0.2, 0.25) is 0 Å². The van der Waals surface area contributed by atoms with E-state index in [1.807, 2.05) is 36.4 Å². The number of halogens is 3. The zero-order valence-corrected chi connectivity index (χ0v) is 16.6. The van der Waals surface area contributed by atoms with Crippen LogP contribution < -0.4 is 10.6 Å². The fourth-order valence-electron chi connectivity index (χ4n) is 2.56. The van der Waals surface area contributed by atoms with Gasteiger partial charge in [0.15, 0.2) is 5.11 Å². The van der Waals surface area contributed by atoms with E-state index in [9.17, 15) is 0 Å². The maximum absolute atomic E-state index is 6.22. The highest BCUT2D eigenvalue weighted by atomic mass is 35.5. The topological polar surface area (TPSA) is 24.1 Å². The Morgan fingerprint density at radius 2 is 1.23 bits per heavy atom. The van der Waals surface area contributed by atoms with E-state index in [-0.39, 0.29) is 6.04 Å². The van der Waals surface area contributed by atoms with Gasteiger partial charge in [-0.3, -0.25) is 0 Å². The van der Waals surface area contributed by atoms with Gasteiger partial charge >= 0.3 is 0 Å². The van der Waals surface area contributed by atoms with Crippen molar-refractivity contribution in [2.24, 2.45) is 0 Å². The number of thiocarbonyl (C=S) groups is 1. The first-order chi connectivity index (χ1) is 12.5. The summed E-state index contributed by atoms with van der Waals surface area (Å²) in [5.74, 6) is 0. The number of hydrogen-bond acceptors (Lipinski definition) is 1. The van der Waals surface area contributed by atoms with E-state index in [4.69, 9.17) is 47.0 Å². The molecule has 0 unspecified atom stereocenters. The second-order valence-electron chi connectivity index (χ2n) is 5.60. The first-order valence-corrected chi connectivity index (χ1v) is 9.41. The lowest BCUT2D eigenvalue weighted by Crippen LogP contribution is -2.33. The molecule has 26 heavy (non-hydrogen) atoms. The molecule has 0 aliphatic heterocycles. The van der Waals surface area contributed by atoms with Crippen molar-refractivity contribution < 1.29 is 0 Å². The summed E-state index contributed by atoms with van der Waals surface area (Å²) in [6, 6.07) is 23.3. The maximum atomic E-state index is 6.22. The van der Waals surface area contributed by atoms with Crippen molar-refractivity contribution in [3.05, 3.63) is 99.0 Å². The molecule has 0 aliphatic carbocycles. The van der Waals surface area contributed by atoms with Crippen molar-refractivity contribution in [3.8, 4) is 0 Å². The number of rotatable bonds is 4. The largest absolute Gasteiger partial charge is 0.352 e. The number of anilines is 1. The minimum absolute atomic E-state index is 0.0982. The molecule has 0 fully saturated rings. The average molecular weight is 422 g/mol. The smallest absolute Gasteiger partial charge is 0.171 e. The molecule has 6 heteroatoms. The second kappa shape index (κ2) is 8.74. The Morgan fingerprint density at radius 3 is 1.77 bits per heavy atom. The molecule has 2 N–H and O–H groups in total. The fraction of sp³-hybridized carbons (Fsp3) is 0.0500. The molecule has 0 heterocycles. The fourth-order valence-corrected chi connectivity index (χ4v) is 3.38. The third-order valence-corrected chi connectivity index (χ3v) is 5.05. The van der Waals surface area contributed by atoms with Crippen LogP contribution in [0.4, 0.5) is 5.69 Å². The highest BCUT2D eigenvalue weighted by molar-refractivity contribution is 7.80. The Balaban J connectivity index is 1.83. The van der Waals surface area contributed by atoms with E-state index in [1.54, 1.807) is 12.1 Å². The van der Waals surface area contributed by atoms with Gasteiger partial charge in [0, 0.05) is 0 Å². The monoisotopic (exact) mass is 420 g/mol. The number of nitrogens with one attached hydrogen (secondary N) is 2. The van der Waals surface area contributed by atoms with Crippen LogP contribution in [0.15, 0.2) is 72.8 Å². The molecule has 3 aromatic rings. The van der Waals surface area contributed by atoms with Gasteiger partial charge in [0.05, 0.1) is 26.8 Å². The lowest BCUT2D eigenvalue weighted by molar-refractivity contribution is 0.769. The Bertz CT molecular complexity index is 862. The Morgan fingerprint density at radius 1 is 0.731 bits per heavy atom. The van der Waals surface area contributed by atoms with E-state index >= 15 is 0 Å². The van der Waals surface area contributed by atoms with Gasteiger partial charge in [-0.1, -0.05) is 95.5 Å². The van der Waals surface area contributed by atoms with Crippen LogP contribution in [-0.4, -0.2) is 5.11 Å². The van der Waals surface area contributed by atoms with Crippen molar-refractivity contribution in [1.82, 2.24) is 5.32 Å². The van der Waals surface area contributed by atoms with E-state index in [2.05, 4.69) is 34.9 Å². The van der Waals surface area contributed by atoms with Crippen LogP contribution in [0, 0.1) is 0 Å². The molecule has 2 nitrogen and oxygen atoms in total. The molecule has 0 radical (unpaired) electrons. The third-order valence-electron chi connectivity index (χ3n) is 3.80. The van der Waals surface area contributed by atoms with E-state index in [0.29, 0.717) is 25.9 Å². The second-order valence-corrected chi connectivity index (χ2v) is 7.23. The molecule has 0 aromatic heterocycles. The summed E-state index contributed by atoms with van der Waals surface area (Å²) in [5.41, 5.74) is 2.80. The van der Waals surface area contributed by atoms with Crippen molar-refractivity contribution in [3.63, 3.8) is 0 Å². The summed E-state index contributed by atoms with van der Waals surface area (Å²) < 4.78 is 0. The van der Waals surface area contributed by atoms with Crippen molar-refractivity contribution in [2.75, 3.05) is 5.32 Å². The number of benzene rings is 3. The van der Waals surface area contributed by atoms with Gasteiger partial charge in [-0.2, -0.15) is 0 Å². The SMILES string of the molecule is S=C(Nc1cc(Cl)c(Cl)cc1Cl)NC(c1ccccc1)c1ccccc1. The first-order valence-electron chi connectivity index (χ1n) is 7.86. The predicted octanol–water partition coefficient (Wildman–Crippen LogP) is 6.72. The summed E-state index contributed by atoms with van der Waals surface area (Å²) in [4.78, 5) is 0. The van der Waals surface area contributed by atoms with E-state index < -0.39 is 0 Å². The lowest BCUT2D eigenvalue weighted by atomic mass is 9.99. The summed E-state index contributed by atoms with van der Waals surface area (Å²) in [5, 5.41) is 8.12. The zero-order chi connectivity index (χ0) is 18.5. The zero-order valence-electron chi connectivity index (χ0n) is 13.5. The van der Waals surface area contributed by atoms with Crippen LogP contribution >= 0.6 is 47.0 Å². The summed E-state index contributed by atoms with van der Waals surface area (Å²) in [6.45, 7) is 0. The van der Waals surface area contributed by atoms with Gasteiger partial charge in [0.1, 0.15) is 0 Å². The molecular weight excluding hydrogens is 407 g/mol. The van der Waals surface area contributed by atoms with Crippen LogP contribution in [0.1, 0.15) is 17.2 Å². The number of hydrogen-bond donors (Lipinski definition) is 2. The minimum Gasteiger partial charge on any atom is -0.352 e. The Hall–Kier alpha value is -1.78. The van der Waals surface area contributed by atoms with Gasteiger partial charge in [-0.15, -0.1) is 0 Å². The van der Waals surface area contributed by atoms with Crippen LogP contribution in [0.25, 0.3) is 0 Å². The minimum atomic E-state index is -0.0982. The quantitative estimate of drug-likeness (QED) is 0.361. The Kier molecular flexibility index (Phi) is 6.38. The normalized spacial score (nSPS) is 10.6. The van der Waals surface area contributed by atoms with Crippen molar-refractivity contribution in [1.29, 1.82) is 0 Å². The molecule has 3 rings (SSSR count). The highest BCUT2D eigenvalue weighted by Gasteiger charge is 2.16. The highest BCUT2D eigenvalue weighted by Crippen LogP contribution is 2.32. The van der Waals surface area contributed by atoms with Crippen LogP contribution in [0.2, 0.25) is 15.1 Å². The predicted molar refractivity (Wildman–Crippen MR) is 116 cm³/mol. The molecule has 0 saturated carbocycles. The third kappa shape index (κ3) is 4.68. The van der Waals surface area contributed by atoms with Gasteiger partial charge in [-0.25, -0.2) is 0 Å². The first kappa shape index (κ1) is 19.0. The molecule has 0 saturated heterocycles. The van der Waals surface area contributed by atoms with Crippen LogP contribution in [-0.2, 0) is 0 Å². The van der Waals surface area contributed by atoms with E-state index in [1.165, 1.54) is 0 Å². The van der Waals surface area contributed by atoms with E-state index in [0.717, 1.165) is 11.1 Å². The van der Waals surface area contributed by atoms with Gasteiger partial charge < -0.3 is 10.6 Å². The Labute approximate surface area is 173 Å². The molecule has 3 aromatic carbocycles. The summed E-state index contributed by atoms with van der Waals surface area (Å²) in [6.07, 6.45) is 0. The maximum Gasteiger partial charge on any atom is 0.171 e. The molecule has 0 amide bonds. The molecular formula is C20H15Cl3N2S. The van der Waals surface area contributed by atoms with Gasteiger partial charge in [0.25, 0.3) is 0 Å². The van der Waals surface area contributed by atoms with Crippen LogP contribution in [0.3, 0.4) is 0 Å². The van der Waals surface area contributed by atoms with Crippen molar-refractivity contribution in [2.45, 2.75) is 6.04 Å². The molecule has 0 bridgehead atoms. The summed E-state index contributed by atoms with van der Waals surface area (Å²) in [7, 11) is 0.